The van der Waals surface area contributed by atoms with Crippen LogP contribution in [-0.4, -0.2) is 35.0 Å². The van der Waals surface area contributed by atoms with Crippen LogP contribution in [0.4, 0.5) is 0 Å². The fourth-order valence-electron chi connectivity index (χ4n) is 2.41. The topological polar surface area (TPSA) is 23.5 Å². The van der Waals surface area contributed by atoms with Crippen LogP contribution in [0.15, 0.2) is 29.2 Å². The Morgan fingerprint density at radius 3 is 2.61 bits per heavy atom. The molecule has 2 rings (SSSR count). The molecule has 18 heavy (non-hydrogen) atoms. The summed E-state index contributed by atoms with van der Waals surface area (Å²) in [7, 11) is 0. The zero-order valence-electron chi connectivity index (χ0n) is 11.3. The summed E-state index contributed by atoms with van der Waals surface area (Å²) in [5.74, 6) is 0.487. The molecule has 1 atom stereocenters. The van der Waals surface area contributed by atoms with Crippen LogP contribution in [0.5, 0.6) is 0 Å². The molecule has 100 valence electrons. The molecule has 1 aliphatic rings. The molecule has 0 radical (unpaired) electrons. The second kappa shape index (κ2) is 6.60. The average molecular weight is 265 g/mol. The van der Waals surface area contributed by atoms with Crippen LogP contribution in [-0.2, 0) is 6.54 Å². The summed E-state index contributed by atoms with van der Waals surface area (Å²) in [5.41, 5.74) is 1.38. The predicted octanol–water partition coefficient (Wildman–Crippen LogP) is 3.00. The lowest BCUT2D eigenvalue weighted by atomic mass is 10.1. The fourth-order valence-corrected chi connectivity index (χ4v) is 3.25. The van der Waals surface area contributed by atoms with Crippen LogP contribution in [0.25, 0.3) is 0 Å². The van der Waals surface area contributed by atoms with Gasteiger partial charge in [0.2, 0.25) is 0 Å². The monoisotopic (exact) mass is 265 g/mol. The molecule has 1 N–H and O–H groups in total. The Hall–Kier alpha value is -0.510. The molecule has 1 aromatic rings. The fraction of sp³-hybridized carbons (Fsp3) is 0.600. The maximum absolute atomic E-state index is 9.14. The van der Waals surface area contributed by atoms with Crippen molar-refractivity contribution in [2.24, 2.45) is 5.92 Å². The second-order valence-electron chi connectivity index (χ2n) is 5.38. The molecule has 1 heterocycles. The van der Waals surface area contributed by atoms with Gasteiger partial charge in [0, 0.05) is 29.8 Å². The molecule has 0 spiro atoms. The number of aliphatic hydroxyl groups is 1. The van der Waals surface area contributed by atoms with E-state index in [4.69, 9.17) is 5.11 Å². The number of likely N-dealkylation sites (tertiary alicyclic amines) is 1. The molecule has 1 aromatic carbocycles. The van der Waals surface area contributed by atoms with Crippen molar-refractivity contribution in [1.82, 2.24) is 4.90 Å². The first-order chi connectivity index (χ1) is 8.67. The summed E-state index contributed by atoms with van der Waals surface area (Å²) in [6.07, 6.45) is 1.14. The third kappa shape index (κ3) is 4.01. The Kier molecular flexibility index (Phi) is 5.10. The van der Waals surface area contributed by atoms with E-state index in [1.165, 1.54) is 10.5 Å². The van der Waals surface area contributed by atoms with E-state index in [1.54, 1.807) is 0 Å². The summed E-state index contributed by atoms with van der Waals surface area (Å²) in [5, 5.41) is 9.78. The van der Waals surface area contributed by atoms with Crippen LogP contribution in [0.2, 0.25) is 0 Å². The molecule has 1 fully saturated rings. The maximum atomic E-state index is 9.14. The van der Waals surface area contributed by atoms with Gasteiger partial charge in [-0.05, 0) is 36.6 Å². The number of hydrogen-bond acceptors (Lipinski definition) is 3. The molecule has 0 saturated carbocycles. The van der Waals surface area contributed by atoms with Crippen molar-refractivity contribution in [2.75, 3.05) is 19.7 Å². The highest BCUT2D eigenvalue weighted by molar-refractivity contribution is 7.99. The summed E-state index contributed by atoms with van der Waals surface area (Å²) in [4.78, 5) is 3.79. The maximum Gasteiger partial charge on any atom is 0.0471 e. The molecule has 0 aliphatic carbocycles. The molecular formula is C15H23NOS. The van der Waals surface area contributed by atoms with Crippen LogP contribution < -0.4 is 0 Å². The first kappa shape index (κ1) is 13.9. The van der Waals surface area contributed by atoms with E-state index in [9.17, 15) is 0 Å². The van der Waals surface area contributed by atoms with Crippen molar-refractivity contribution in [3.63, 3.8) is 0 Å². The number of benzene rings is 1. The summed E-state index contributed by atoms with van der Waals surface area (Å²) >= 11 is 1.91. The highest BCUT2D eigenvalue weighted by Gasteiger charge is 2.21. The Morgan fingerprint density at radius 2 is 2.06 bits per heavy atom. The van der Waals surface area contributed by atoms with Gasteiger partial charge in [-0.3, -0.25) is 4.90 Å². The van der Waals surface area contributed by atoms with E-state index in [-0.39, 0.29) is 0 Å². The van der Waals surface area contributed by atoms with Crippen LogP contribution in [0.1, 0.15) is 25.8 Å². The lowest BCUT2D eigenvalue weighted by Crippen LogP contribution is -2.20. The minimum Gasteiger partial charge on any atom is -0.396 e. The molecule has 1 aliphatic heterocycles. The van der Waals surface area contributed by atoms with Gasteiger partial charge in [-0.2, -0.15) is 0 Å². The van der Waals surface area contributed by atoms with Crippen molar-refractivity contribution in [2.45, 2.75) is 37.0 Å². The Bertz CT molecular complexity index is 363. The molecule has 0 amide bonds. The number of thioether (sulfide) groups is 1. The minimum atomic E-state index is 0.334. The van der Waals surface area contributed by atoms with Gasteiger partial charge < -0.3 is 5.11 Å². The minimum absolute atomic E-state index is 0.334. The normalized spacial score (nSPS) is 20.8. The van der Waals surface area contributed by atoms with Crippen LogP contribution >= 0.6 is 11.8 Å². The summed E-state index contributed by atoms with van der Waals surface area (Å²) in [6, 6.07) is 8.91. The van der Waals surface area contributed by atoms with E-state index >= 15 is 0 Å². The predicted molar refractivity (Wildman–Crippen MR) is 77.9 cm³/mol. The Labute approximate surface area is 114 Å². The van der Waals surface area contributed by atoms with Crippen molar-refractivity contribution in [1.29, 1.82) is 0 Å². The standard InChI is InChI=1S/C15H23NOS/c1-12(2)18-15-5-3-13(4-6-15)9-16-8-7-14(10-16)11-17/h3-6,12,14,17H,7-11H2,1-2H3. The number of nitrogens with zero attached hydrogens (tertiary/aromatic N) is 1. The smallest absolute Gasteiger partial charge is 0.0471 e. The average Bonchev–Trinajstić information content (AvgIpc) is 2.79. The second-order valence-corrected chi connectivity index (χ2v) is 7.03. The molecular weight excluding hydrogens is 242 g/mol. The number of hydrogen-bond donors (Lipinski definition) is 1. The third-order valence-corrected chi connectivity index (χ3v) is 4.35. The van der Waals surface area contributed by atoms with Gasteiger partial charge >= 0.3 is 0 Å². The van der Waals surface area contributed by atoms with E-state index < -0.39 is 0 Å². The lowest BCUT2D eigenvalue weighted by Gasteiger charge is -2.16. The third-order valence-electron chi connectivity index (χ3n) is 3.33. The highest BCUT2D eigenvalue weighted by Crippen LogP contribution is 2.24. The van der Waals surface area contributed by atoms with Gasteiger partial charge in [0.1, 0.15) is 0 Å². The number of aliphatic hydroxyl groups excluding tert-OH is 1. The molecule has 2 nitrogen and oxygen atoms in total. The summed E-state index contributed by atoms with van der Waals surface area (Å²) < 4.78 is 0. The van der Waals surface area contributed by atoms with Gasteiger partial charge in [0.15, 0.2) is 0 Å². The molecule has 3 heteroatoms. The van der Waals surface area contributed by atoms with Gasteiger partial charge in [-0.15, -0.1) is 11.8 Å². The van der Waals surface area contributed by atoms with Crippen molar-refractivity contribution < 1.29 is 5.11 Å². The first-order valence-corrected chi connectivity index (χ1v) is 7.64. The van der Waals surface area contributed by atoms with E-state index in [0.29, 0.717) is 17.8 Å². The van der Waals surface area contributed by atoms with Crippen molar-refractivity contribution in [3.05, 3.63) is 29.8 Å². The van der Waals surface area contributed by atoms with Gasteiger partial charge in [0.25, 0.3) is 0 Å². The number of rotatable bonds is 5. The van der Waals surface area contributed by atoms with Gasteiger partial charge in [0.05, 0.1) is 0 Å². The van der Waals surface area contributed by atoms with E-state index in [2.05, 4.69) is 43.0 Å². The molecule has 0 aromatic heterocycles. The highest BCUT2D eigenvalue weighted by atomic mass is 32.2. The largest absolute Gasteiger partial charge is 0.396 e. The SMILES string of the molecule is CC(C)Sc1ccc(CN2CCC(CO)C2)cc1. The molecule has 1 saturated heterocycles. The zero-order valence-corrected chi connectivity index (χ0v) is 12.1. The Balaban J connectivity index is 1.87. The quantitative estimate of drug-likeness (QED) is 0.828. The lowest BCUT2D eigenvalue weighted by molar-refractivity contribution is 0.220. The molecule has 1 unspecified atom stereocenters. The van der Waals surface area contributed by atoms with Crippen molar-refractivity contribution in [3.8, 4) is 0 Å². The van der Waals surface area contributed by atoms with E-state index in [0.717, 1.165) is 26.1 Å². The summed E-state index contributed by atoms with van der Waals surface area (Å²) in [6.45, 7) is 7.95. The zero-order chi connectivity index (χ0) is 13.0. The van der Waals surface area contributed by atoms with Crippen molar-refractivity contribution >= 4 is 11.8 Å². The van der Waals surface area contributed by atoms with Crippen LogP contribution in [0, 0.1) is 5.92 Å². The Morgan fingerprint density at radius 1 is 1.33 bits per heavy atom. The molecule has 0 bridgehead atoms. The van der Waals surface area contributed by atoms with Crippen LogP contribution in [0.3, 0.4) is 0 Å². The van der Waals surface area contributed by atoms with Gasteiger partial charge in [-0.1, -0.05) is 26.0 Å². The first-order valence-electron chi connectivity index (χ1n) is 6.76. The van der Waals surface area contributed by atoms with Gasteiger partial charge in [-0.25, -0.2) is 0 Å². The van der Waals surface area contributed by atoms with E-state index in [1.807, 2.05) is 11.8 Å².